The van der Waals surface area contributed by atoms with Gasteiger partial charge in [-0.1, -0.05) is 19.8 Å². The molecule has 17 heavy (non-hydrogen) atoms. The average molecular weight is 237 g/mol. The lowest BCUT2D eigenvalue weighted by atomic mass is 10.2. The van der Waals surface area contributed by atoms with Crippen molar-refractivity contribution in [1.29, 1.82) is 0 Å². The van der Waals surface area contributed by atoms with E-state index in [1.165, 1.54) is 7.11 Å². The Hall–Kier alpha value is -1.71. The second-order valence-corrected chi connectivity index (χ2v) is 3.80. The van der Waals surface area contributed by atoms with Gasteiger partial charge in [0.2, 0.25) is 0 Å². The highest BCUT2D eigenvalue weighted by molar-refractivity contribution is 5.90. The Bertz CT molecular complexity index is 377. The normalized spacial score (nSPS) is 10.0. The SMILES string of the molecule is CCCCCOC(=O)c1ccc(N)c(OC)c1. The van der Waals surface area contributed by atoms with Crippen molar-refractivity contribution in [3.05, 3.63) is 23.8 Å². The van der Waals surface area contributed by atoms with Gasteiger partial charge in [-0.25, -0.2) is 4.79 Å². The molecule has 0 aliphatic rings. The first-order chi connectivity index (χ1) is 8.19. The molecule has 1 aromatic carbocycles. The zero-order valence-corrected chi connectivity index (χ0v) is 10.4. The second-order valence-electron chi connectivity index (χ2n) is 3.80. The number of unbranched alkanes of at least 4 members (excludes halogenated alkanes) is 2. The molecule has 0 fully saturated rings. The van der Waals surface area contributed by atoms with E-state index in [4.69, 9.17) is 15.2 Å². The van der Waals surface area contributed by atoms with Crippen LogP contribution in [0.2, 0.25) is 0 Å². The molecule has 4 nitrogen and oxygen atoms in total. The lowest BCUT2D eigenvalue weighted by molar-refractivity contribution is 0.0498. The number of nitrogen functional groups attached to an aromatic ring is 1. The van der Waals surface area contributed by atoms with E-state index in [1.807, 2.05) is 0 Å². The summed E-state index contributed by atoms with van der Waals surface area (Å²) in [5, 5.41) is 0. The fourth-order valence-corrected chi connectivity index (χ4v) is 1.44. The summed E-state index contributed by atoms with van der Waals surface area (Å²) < 4.78 is 10.2. The number of rotatable bonds is 6. The minimum Gasteiger partial charge on any atom is -0.495 e. The van der Waals surface area contributed by atoms with Gasteiger partial charge in [0.1, 0.15) is 5.75 Å². The standard InChI is InChI=1S/C13H19NO3/c1-3-4-5-8-17-13(15)10-6-7-11(14)12(9-10)16-2/h6-7,9H,3-5,8,14H2,1-2H3. The maximum absolute atomic E-state index is 11.7. The Morgan fingerprint density at radius 3 is 2.76 bits per heavy atom. The van der Waals surface area contributed by atoms with E-state index >= 15 is 0 Å². The Labute approximate surface area is 102 Å². The highest BCUT2D eigenvalue weighted by Crippen LogP contribution is 2.22. The van der Waals surface area contributed by atoms with E-state index in [0.717, 1.165) is 19.3 Å². The first kappa shape index (κ1) is 13.4. The summed E-state index contributed by atoms with van der Waals surface area (Å²) in [6.45, 7) is 2.56. The topological polar surface area (TPSA) is 61.5 Å². The van der Waals surface area contributed by atoms with Crippen LogP contribution in [0, 0.1) is 0 Å². The highest BCUT2D eigenvalue weighted by atomic mass is 16.5. The molecule has 0 heterocycles. The third kappa shape index (κ3) is 3.98. The van der Waals surface area contributed by atoms with Crippen molar-refractivity contribution in [1.82, 2.24) is 0 Å². The second kappa shape index (κ2) is 6.78. The molecule has 0 aliphatic heterocycles. The molecule has 0 saturated heterocycles. The first-order valence-electron chi connectivity index (χ1n) is 5.79. The van der Waals surface area contributed by atoms with E-state index < -0.39 is 0 Å². The third-order valence-corrected chi connectivity index (χ3v) is 2.45. The van der Waals surface area contributed by atoms with Gasteiger partial charge in [0, 0.05) is 0 Å². The van der Waals surface area contributed by atoms with E-state index in [2.05, 4.69) is 6.92 Å². The van der Waals surface area contributed by atoms with Gasteiger partial charge in [0.05, 0.1) is 25.0 Å². The zero-order chi connectivity index (χ0) is 12.7. The minimum absolute atomic E-state index is 0.334. The maximum atomic E-state index is 11.7. The van der Waals surface area contributed by atoms with Crippen LogP contribution in [0.1, 0.15) is 36.5 Å². The Kier molecular flexibility index (Phi) is 5.33. The molecule has 2 N–H and O–H groups in total. The minimum atomic E-state index is -0.334. The van der Waals surface area contributed by atoms with Crippen LogP contribution < -0.4 is 10.5 Å². The molecule has 0 saturated carbocycles. The number of anilines is 1. The van der Waals surface area contributed by atoms with Gasteiger partial charge in [-0.3, -0.25) is 0 Å². The van der Waals surface area contributed by atoms with Crippen LogP contribution in [-0.2, 0) is 4.74 Å². The van der Waals surface area contributed by atoms with E-state index in [9.17, 15) is 4.79 Å². The molecular weight excluding hydrogens is 218 g/mol. The van der Waals surface area contributed by atoms with Crippen LogP contribution in [0.3, 0.4) is 0 Å². The van der Waals surface area contributed by atoms with Crippen LogP contribution in [0.25, 0.3) is 0 Å². The van der Waals surface area contributed by atoms with Crippen molar-refractivity contribution in [2.75, 3.05) is 19.5 Å². The molecule has 4 heteroatoms. The van der Waals surface area contributed by atoms with Crippen molar-refractivity contribution in [2.24, 2.45) is 0 Å². The molecule has 0 aliphatic carbocycles. The maximum Gasteiger partial charge on any atom is 0.338 e. The molecule has 0 aromatic heterocycles. The highest BCUT2D eigenvalue weighted by Gasteiger charge is 2.09. The Morgan fingerprint density at radius 1 is 1.35 bits per heavy atom. The lowest BCUT2D eigenvalue weighted by Crippen LogP contribution is -2.07. The molecule has 0 bridgehead atoms. The van der Waals surface area contributed by atoms with Gasteiger partial charge < -0.3 is 15.2 Å². The molecule has 0 unspecified atom stereocenters. The molecule has 0 atom stereocenters. The Morgan fingerprint density at radius 2 is 2.12 bits per heavy atom. The summed E-state index contributed by atoms with van der Waals surface area (Å²) in [7, 11) is 1.52. The van der Waals surface area contributed by atoms with Crippen LogP contribution in [0.5, 0.6) is 5.75 Å². The van der Waals surface area contributed by atoms with Gasteiger partial charge in [-0.05, 0) is 24.6 Å². The molecule has 0 radical (unpaired) electrons. The fraction of sp³-hybridized carbons (Fsp3) is 0.462. The summed E-state index contributed by atoms with van der Waals surface area (Å²) in [6, 6.07) is 4.87. The summed E-state index contributed by atoms with van der Waals surface area (Å²) in [6.07, 6.45) is 3.07. The molecule has 1 rings (SSSR count). The van der Waals surface area contributed by atoms with Gasteiger partial charge in [0.25, 0.3) is 0 Å². The van der Waals surface area contributed by atoms with E-state index in [1.54, 1.807) is 18.2 Å². The fourth-order valence-electron chi connectivity index (χ4n) is 1.44. The summed E-state index contributed by atoms with van der Waals surface area (Å²) in [5.41, 5.74) is 6.64. The van der Waals surface area contributed by atoms with Crippen molar-refractivity contribution >= 4 is 11.7 Å². The molecule has 1 aromatic rings. The van der Waals surface area contributed by atoms with Crippen molar-refractivity contribution in [2.45, 2.75) is 26.2 Å². The van der Waals surface area contributed by atoms with Crippen LogP contribution >= 0.6 is 0 Å². The number of nitrogens with two attached hydrogens (primary N) is 1. The summed E-state index contributed by atoms with van der Waals surface area (Å²) in [5.74, 6) is 0.160. The van der Waals surface area contributed by atoms with Crippen molar-refractivity contribution < 1.29 is 14.3 Å². The van der Waals surface area contributed by atoms with E-state index in [-0.39, 0.29) is 5.97 Å². The average Bonchev–Trinajstić information content (AvgIpc) is 2.35. The van der Waals surface area contributed by atoms with Crippen molar-refractivity contribution in [3.8, 4) is 5.75 Å². The molecule has 94 valence electrons. The van der Waals surface area contributed by atoms with Gasteiger partial charge in [-0.15, -0.1) is 0 Å². The quantitative estimate of drug-likeness (QED) is 0.469. The molecular formula is C13H19NO3. The number of carbonyl (C=O) groups excluding carboxylic acids is 1. The lowest BCUT2D eigenvalue weighted by Gasteiger charge is -2.07. The number of ether oxygens (including phenoxy) is 2. The summed E-state index contributed by atoms with van der Waals surface area (Å²) >= 11 is 0. The Balaban J connectivity index is 2.57. The zero-order valence-electron chi connectivity index (χ0n) is 10.4. The summed E-state index contributed by atoms with van der Waals surface area (Å²) in [4.78, 5) is 11.7. The first-order valence-corrected chi connectivity index (χ1v) is 5.79. The largest absolute Gasteiger partial charge is 0.495 e. The predicted octanol–water partition coefficient (Wildman–Crippen LogP) is 2.62. The van der Waals surface area contributed by atoms with Crippen LogP contribution in [0.15, 0.2) is 18.2 Å². The molecule has 0 spiro atoms. The molecule has 0 amide bonds. The number of hydrogen-bond donors (Lipinski definition) is 1. The van der Waals surface area contributed by atoms with Gasteiger partial charge in [0.15, 0.2) is 0 Å². The number of benzene rings is 1. The number of carbonyl (C=O) groups is 1. The van der Waals surface area contributed by atoms with Gasteiger partial charge >= 0.3 is 5.97 Å². The number of methoxy groups -OCH3 is 1. The predicted molar refractivity (Wildman–Crippen MR) is 67.2 cm³/mol. The van der Waals surface area contributed by atoms with Crippen LogP contribution in [0.4, 0.5) is 5.69 Å². The van der Waals surface area contributed by atoms with Crippen molar-refractivity contribution in [3.63, 3.8) is 0 Å². The van der Waals surface area contributed by atoms with Crippen LogP contribution in [-0.4, -0.2) is 19.7 Å². The smallest absolute Gasteiger partial charge is 0.338 e. The monoisotopic (exact) mass is 237 g/mol. The van der Waals surface area contributed by atoms with E-state index in [0.29, 0.717) is 23.6 Å². The van der Waals surface area contributed by atoms with Gasteiger partial charge in [-0.2, -0.15) is 0 Å². The third-order valence-electron chi connectivity index (χ3n) is 2.45. The number of esters is 1. The number of hydrogen-bond acceptors (Lipinski definition) is 4.